The quantitative estimate of drug-likeness (QED) is 0.383. The molecule has 1 aromatic carbocycles. The SMILES string of the molecule is CCNC(=NCC1CC1c1ccccc1)NCCCOCC1CCCO1. The number of guanidine groups is 1. The number of ether oxygens (including phenoxy) is 2. The molecule has 2 fully saturated rings. The number of nitrogens with zero attached hydrogens (tertiary/aromatic N) is 1. The van der Waals surface area contributed by atoms with Gasteiger partial charge in [-0.15, -0.1) is 0 Å². The highest BCUT2D eigenvalue weighted by atomic mass is 16.5. The third-order valence-corrected chi connectivity index (χ3v) is 5.06. The molecule has 2 N–H and O–H groups in total. The van der Waals surface area contributed by atoms with Crippen LogP contribution in [0.2, 0.25) is 0 Å². The molecule has 3 rings (SSSR count). The third kappa shape index (κ3) is 6.29. The first-order chi connectivity index (χ1) is 12.9. The summed E-state index contributed by atoms with van der Waals surface area (Å²) in [7, 11) is 0. The predicted molar refractivity (Wildman–Crippen MR) is 106 cm³/mol. The molecular weight excluding hydrogens is 326 g/mol. The lowest BCUT2D eigenvalue weighted by molar-refractivity contribution is 0.0168. The van der Waals surface area contributed by atoms with E-state index in [1.807, 2.05) is 0 Å². The van der Waals surface area contributed by atoms with Gasteiger partial charge in [-0.3, -0.25) is 4.99 Å². The van der Waals surface area contributed by atoms with Crippen LogP contribution in [0.15, 0.2) is 35.3 Å². The van der Waals surface area contributed by atoms with E-state index in [1.54, 1.807) is 0 Å². The van der Waals surface area contributed by atoms with E-state index in [0.717, 1.165) is 58.3 Å². The summed E-state index contributed by atoms with van der Waals surface area (Å²) in [5, 5.41) is 6.75. The Kier molecular flexibility index (Phi) is 7.77. The standard InChI is InChI=1S/C21H33N3O2/c1-2-22-21(23-11-7-12-25-16-19-10-6-13-26-19)24-15-18-14-20(18)17-8-4-3-5-9-17/h3-5,8-9,18-20H,2,6-7,10-16H2,1H3,(H2,22,23,24). The lowest BCUT2D eigenvalue weighted by atomic mass is 10.1. The Morgan fingerprint density at radius 1 is 1.27 bits per heavy atom. The topological polar surface area (TPSA) is 54.9 Å². The van der Waals surface area contributed by atoms with Crippen molar-refractivity contribution in [1.82, 2.24) is 10.6 Å². The molecule has 1 saturated carbocycles. The molecule has 26 heavy (non-hydrogen) atoms. The fourth-order valence-electron chi connectivity index (χ4n) is 3.48. The minimum absolute atomic E-state index is 0.318. The minimum atomic E-state index is 0.318. The van der Waals surface area contributed by atoms with Gasteiger partial charge in [0.1, 0.15) is 0 Å². The average molecular weight is 360 g/mol. The molecule has 0 radical (unpaired) electrons. The summed E-state index contributed by atoms with van der Waals surface area (Å²) in [6.07, 6.45) is 4.86. The van der Waals surface area contributed by atoms with Gasteiger partial charge in [0, 0.05) is 32.8 Å². The summed E-state index contributed by atoms with van der Waals surface area (Å²) in [5.41, 5.74) is 1.45. The van der Waals surface area contributed by atoms with E-state index in [1.165, 1.54) is 18.4 Å². The van der Waals surface area contributed by atoms with E-state index >= 15 is 0 Å². The van der Waals surface area contributed by atoms with Crippen LogP contribution >= 0.6 is 0 Å². The molecule has 1 saturated heterocycles. The predicted octanol–water partition coefficient (Wildman–Crippen LogP) is 2.93. The summed E-state index contributed by atoms with van der Waals surface area (Å²) in [6.45, 7) is 7.15. The van der Waals surface area contributed by atoms with Crippen LogP contribution in [0, 0.1) is 5.92 Å². The van der Waals surface area contributed by atoms with Crippen molar-refractivity contribution in [3.8, 4) is 0 Å². The number of benzene rings is 1. The van der Waals surface area contributed by atoms with Gasteiger partial charge < -0.3 is 20.1 Å². The van der Waals surface area contributed by atoms with Gasteiger partial charge in [-0.05, 0) is 50.0 Å². The van der Waals surface area contributed by atoms with Gasteiger partial charge in [0.15, 0.2) is 5.96 Å². The molecule has 144 valence electrons. The van der Waals surface area contributed by atoms with Crippen molar-refractivity contribution >= 4 is 5.96 Å². The summed E-state index contributed by atoms with van der Waals surface area (Å²) < 4.78 is 11.3. The van der Waals surface area contributed by atoms with Crippen molar-refractivity contribution in [2.45, 2.75) is 44.6 Å². The van der Waals surface area contributed by atoms with Crippen LogP contribution in [0.4, 0.5) is 0 Å². The van der Waals surface area contributed by atoms with E-state index in [9.17, 15) is 0 Å². The zero-order valence-corrected chi connectivity index (χ0v) is 16.0. The van der Waals surface area contributed by atoms with Crippen LogP contribution in [-0.2, 0) is 9.47 Å². The molecule has 0 spiro atoms. The van der Waals surface area contributed by atoms with E-state index in [4.69, 9.17) is 14.5 Å². The number of hydrogen-bond donors (Lipinski definition) is 2. The minimum Gasteiger partial charge on any atom is -0.379 e. The molecule has 0 amide bonds. The van der Waals surface area contributed by atoms with Gasteiger partial charge in [-0.1, -0.05) is 30.3 Å². The van der Waals surface area contributed by atoms with Crippen LogP contribution in [0.5, 0.6) is 0 Å². The molecule has 1 aliphatic carbocycles. The molecule has 1 heterocycles. The van der Waals surface area contributed by atoms with E-state index < -0.39 is 0 Å². The molecule has 3 unspecified atom stereocenters. The maximum Gasteiger partial charge on any atom is 0.191 e. The van der Waals surface area contributed by atoms with Crippen LogP contribution in [-0.4, -0.2) is 51.5 Å². The maximum absolute atomic E-state index is 5.71. The first kappa shape index (κ1) is 19.2. The monoisotopic (exact) mass is 359 g/mol. The highest BCUT2D eigenvalue weighted by Crippen LogP contribution is 2.47. The van der Waals surface area contributed by atoms with E-state index in [-0.39, 0.29) is 0 Å². The summed E-state index contributed by atoms with van der Waals surface area (Å²) >= 11 is 0. The normalized spacial score (nSPS) is 25.3. The van der Waals surface area contributed by atoms with Crippen LogP contribution in [0.3, 0.4) is 0 Å². The second-order valence-corrected chi connectivity index (χ2v) is 7.22. The molecule has 0 aromatic heterocycles. The van der Waals surface area contributed by atoms with Gasteiger partial charge in [-0.25, -0.2) is 0 Å². The smallest absolute Gasteiger partial charge is 0.191 e. The summed E-state index contributed by atoms with van der Waals surface area (Å²) in [4.78, 5) is 4.77. The van der Waals surface area contributed by atoms with Gasteiger partial charge >= 0.3 is 0 Å². The number of nitrogens with one attached hydrogen (secondary N) is 2. The molecule has 5 nitrogen and oxygen atoms in total. The van der Waals surface area contributed by atoms with Gasteiger partial charge in [-0.2, -0.15) is 0 Å². The lowest BCUT2D eigenvalue weighted by Gasteiger charge is -2.12. The first-order valence-electron chi connectivity index (χ1n) is 10.1. The molecule has 1 aliphatic heterocycles. The Hall–Kier alpha value is -1.59. The Morgan fingerprint density at radius 3 is 2.92 bits per heavy atom. The zero-order chi connectivity index (χ0) is 18.0. The fourth-order valence-corrected chi connectivity index (χ4v) is 3.48. The third-order valence-electron chi connectivity index (χ3n) is 5.06. The molecular formula is C21H33N3O2. The van der Waals surface area contributed by atoms with E-state index in [2.05, 4.69) is 47.9 Å². The highest BCUT2D eigenvalue weighted by Gasteiger charge is 2.37. The summed E-state index contributed by atoms with van der Waals surface area (Å²) in [6, 6.07) is 10.8. The molecule has 2 aliphatic rings. The molecule has 3 atom stereocenters. The molecule has 5 heteroatoms. The largest absolute Gasteiger partial charge is 0.379 e. The second kappa shape index (κ2) is 10.5. The van der Waals surface area contributed by atoms with Crippen molar-refractivity contribution in [2.24, 2.45) is 10.9 Å². The van der Waals surface area contributed by atoms with Gasteiger partial charge in [0.2, 0.25) is 0 Å². The van der Waals surface area contributed by atoms with Crippen molar-refractivity contribution in [3.63, 3.8) is 0 Å². The van der Waals surface area contributed by atoms with Crippen molar-refractivity contribution < 1.29 is 9.47 Å². The highest BCUT2D eigenvalue weighted by molar-refractivity contribution is 5.79. The Balaban J connectivity index is 1.30. The summed E-state index contributed by atoms with van der Waals surface area (Å²) in [5.74, 6) is 2.29. The number of hydrogen-bond acceptors (Lipinski definition) is 3. The lowest BCUT2D eigenvalue weighted by Crippen LogP contribution is -2.38. The van der Waals surface area contributed by atoms with Gasteiger partial charge in [0.25, 0.3) is 0 Å². The van der Waals surface area contributed by atoms with Crippen LogP contribution in [0.1, 0.15) is 44.1 Å². The van der Waals surface area contributed by atoms with Crippen LogP contribution in [0.25, 0.3) is 0 Å². The van der Waals surface area contributed by atoms with Gasteiger partial charge in [0.05, 0.1) is 12.7 Å². The zero-order valence-electron chi connectivity index (χ0n) is 16.0. The Bertz CT molecular complexity index is 543. The fraction of sp³-hybridized carbons (Fsp3) is 0.667. The average Bonchev–Trinajstić information content (AvgIpc) is 3.27. The number of aliphatic imine (C=N–C) groups is 1. The Morgan fingerprint density at radius 2 is 2.15 bits per heavy atom. The second-order valence-electron chi connectivity index (χ2n) is 7.22. The molecule has 1 aromatic rings. The van der Waals surface area contributed by atoms with Crippen molar-refractivity contribution in [2.75, 3.05) is 39.5 Å². The van der Waals surface area contributed by atoms with E-state index in [0.29, 0.717) is 17.9 Å². The molecule has 0 bridgehead atoms. The van der Waals surface area contributed by atoms with Crippen LogP contribution < -0.4 is 10.6 Å². The maximum atomic E-state index is 5.71. The first-order valence-corrected chi connectivity index (χ1v) is 10.1. The number of rotatable bonds is 10. The Labute approximate surface area is 157 Å². The van der Waals surface area contributed by atoms with Crippen molar-refractivity contribution in [1.29, 1.82) is 0 Å². The van der Waals surface area contributed by atoms with Crippen molar-refractivity contribution in [3.05, 3.63) is 35.9 Å².